The number of carbonyl (C=O) groups is 2. The van der Waals surface area contributed by atoms with E-state index in [1.165, 1.54) is 12.1 Å². The summed E-state index contributed by atoms with van der Waals surface area (Å²) in [6.07, 6.45) is 0.345. The van der Waals surface area contributed by atoms with E-state index in [1.54, 1.807) is 6.92 Å². The Morgan fingerprint density at radius 1 is 1.47 bits per heavy atom. The van der Waals surface area contributed by atoms with Gasteiger partial charge in [0.25, 0.3) is 0 Å². The van der Waals surface area contributed by atoms with Crippen molar-refractivity contribution < 1.29 is 28.5 Å². The first kappa shape index (κ1) is 13.9. The Morgan fingerprint density at radius 3 is 2.47 bits per heavy atom. The summed E-state index contributed by atoms with van der Waals surface area (Å²) in [6.45, 7) is 1.62. The van der Waals surface area contributed by atoms with Crippen molar-refractivity contribution >= 4 is 31.9 Å². The number of hydrogen-bond acceptors (Lipinski definition) is 4. The van der Waals surface area contributed by atoms with Gasteiger partial charge in [-0.05, 0) is 24.6 Å². The maximum absolute atomic E-state index is 11.2. The van der Waals surface area contributed by atoms with Gasteiger partial charge in [-0.2, -0.15) is 0 Å². The summed E-state index contributed by atoms with van der Waals surface area (Å²) < 4.78 is 15.1. The predicted molar refractivity (Wildman–Crippen MR) is 62.6 cm³/mol. The molecule has 0 radical (unpaired) electrons. The molecule has 0 fully saturated rings. The van der Waals surface area contributed by atoms with E-state index in [-0.39, 0.29) is 11.1 Å². The second-order valence-corrected chi connectivity index (χ2v) is 4.81. The van der Waals surface area contributed by atoms with E-state index in [0.717, 1.165) is 0 Å². The van der Waals surface area contributed by atoms with Gasteiger partial charge in [-0.25, -0.2) is 4.57 Å². The third-order valence-electron chi connectivity index (χ3n) is 1.83. The largest absolute Gasteiger partial charge is 0.524 e. The van der Waals surface area contributed by atoms with Gasteiger partial charge < -0.3 is 4.52 Å². The lowest BCUT2D eigenvalue weighted by molar-refractivity contribution is 0.108. The van der Waals surface area contributed by atoms with Crippen LogP contribution in [0.3, 0.4) is 0 Å². The van der Waals surface area contributed by atoms with Gasteiger partial charge in [-0.1, -0.05) is 0 Å². The molecule has 0 bridgehead atoms. The molecule has 0 saturated heterocycles. The number of phosphoric ester groups is 1. The number of hydrogen-bond donors (Lipinski definition) is 3. The molecular weight excluding hydrogens is 267 g/mol. The second kappa shape index (κ2) is 5.01. The Morgan fingerprint density at radius 2 is 2.06 bits per heavy atom. The van der Waals surface area contributed by atoms with Crippen LogP contribution in [0.4, 0.5) is 0 Å². The lowest BCUT2D eigenvalue weighted by Crippen LogP contribution is -2.02. The maximum atomic E-state index is 11.2. The van der Waals surface area contributed by atoms with E-state index < -0.39 is 18.7 Å². The van der Waals surface area contributed by atoms with Crippen LogP contribution in [0, 0.1) is 6.92 Å². The number of rotatable bonds is 4. The van der Waals surface area contributed by atoms with E-state index in [9.17, 15) is 14.2 Å². The van der Waals surface area contributed by atoms with Crippen LogP contribution in [0.2, 0.25) is 0 Å². The average molecular weight is 276 g/mol. The van der Waals surface area contributed by atoms with Crippen LogP contribution >= 0.6 is 20.5 Å². The third-order valence-corrected chi connectivity index (χ3v) is 2.49. The van der Waals surface area contributed by atoms with Gasteiger partial charge in [0.2, 0.25) is 5.12 Å². The zero-order chi connectivity index (χ0) is 13.2. The normalized spacial score (nSPS) is 11.1. The van der Waals surface area contributed by atoms with Crippen molar-refractivity contribution in [2.45, 2.75) is 6.92 Å². The molecule has 0 amide bonds. The van der Waals surface area contributed by atoms with Crippen LogP contribution < -0.4 is 4.52 Å². The number of carbonyl (C=O) groups excluding carboxylic acids is 2. The fourth-order valence-corrected chi connectivity index (χ4v) is 1.88. The van der Waals surface area contributed by atoms with Crippen molar-refractivity contribution in [3.63, 3.8) is 0 Å². The van der Waals surface area contributed by atoms with Crippen LogP contribution in [-0.4, -0.2) is 21.2 Å². The molecule has 92 valence electrons. The number of phosphoric acid groups is 1. The maximum Gasteiger partial charge on any atom is 0.524 e. The molecule has 1 aromatic rings. The molecular formula is C9H9O6PS. The van der Waals surface area contributed by atoms with Crippen LogP contribution in [0.25, 0.3) is 0 Å². The molecule has 2 N–H and O–H groups in total. The molecule has 0 aliphatic rings. The van der Waals surface area contributed by atoms with E-state index in [0.29, 0.717) is 11.8 Å². The van der Waals surface area contributed by atoms with Gasteiger partial charge in [0, 0.05) is 0 Å². The van der Waals surface area contributed by atoms with Crippen molar-refractivity contribution in [2.24, 2.45) is 0 Å². The van der Waals surface area contributed by atoms with E-state index in [4.69, 9.17) is 9.79 Å². The lowest BCUT2D eigenvalue weighted by Gasteiger charge is -2.12. The lowest BCUT2D eigenvalue weighted by atomic mass is 10.1. The quantitative estimate of drug-likeness (QED) is 0.436. The Balaban J connectivity index is 3.47. The highest BCUT2D eigenvalue weighted by atomic mass is 32.1. The molecule has 0 aliphatic heterocycles. The van der Waals surface area contributed by atoms with Gasteiger partial charge in [0.1, 0.15) is 0 Å². The predicted octanol–water partition coefficient (Wildman–Crippen LogP) is 1.35. The highest BCUT2D eigenvalue weighted by Gasteiger charge is 2.23. The minimum Gasteiger partial charge on any atom is -0.403 e. The van der Waals surface area contributed by atoms with Crippen LogP contribution in [0.5, 0.6) is 5.75 Å². The summed E-state index contributed by atoms with van der Waals surface area (Å²) in [4.78, 5) is 39.4. The zero-order valence-electron chi connectivity index (χ0n) is 8.65. The van der Waals surface area contributed by atoms with Crippen molar-refractivity contribution in [3.8, 4) is 5.75 Å². The molecule has 0 heterocycles. The number of benzene rings is 1. The smallest absolute Gasteiger partial charge is 0.403 e. The molecule has 0 aliphatic carbocycles. The SMILES string of the molecule is Cc1cc(C=O)c(OP(=O)(O)O)c(C(=O)S)c1. The summed E-state index contributed by atoms with van der Waals surface area (Å²) in [5, 5.41) is -0.750. The standard InChI is InChI=1S/C9H9O6PS/c1-5-2-6(4-10)8(15-16(12,13)14)7(3-5)9(11)17/h2-4H,1H3,(H,11,17)(H2,12,13,14). The molecule has 0 saturated carbocycles. The molecule has 0 aromatic heterocycles. The van der Waals surface area contributed by atoms with Gasteiger partial charge in [0.05, 0.1) is 11.1 Å². The first-order chi connectivity index (χ1) is 7.74. The molecule has 8 heteroatoms. The van der Waals surface area contributed by atoms with Crippen molar-refractivity contribution in [1.82, 2.24) is 0 Å². The number of thiol groups is 1. The Kier molecular flexibility index (Phi) is 4.11. The van der Waals surface area contributed by atoms with E-state index >= 15 is 0 Å². The second-order valence-electron chi connectivity index (χ2n) is 3.24. The Labute approximate surface area is 102 Å². The van der Waals surface area contributed by atoms with Crippen molar-refractivity contribution in [2.75, 3.05) is 0 Å². The Hall–Kier alpha value is -1.14. The fourth-order valence-electron chi connectivity index (χ4n) is 1.27. The topological polar surface area (TPSA) is 101 Å². The van der Waals surface area contributed by atoms with Crippen molar-refractivity contribution in [1.29, 1.82) is 0 Å². The molecule has 17 heavy (non-hydrogen) atoms. The minimum absolute atomic E-state index is 0.120. The average Bonchev–Trinajstić information content (AvgIpc) is 2.17. The highest BCUT2D eigenvalue weighted by molar-refractivity contribution is 7.97. The Bertz CT molecular complexity index is 520. The van der Waals surface area contributed by atoms with Crippen LogP contribution in [0.15, 0.2) is 12.1 Å². The van der Waals surface area contributed by atoms with Gasteiger partial charge >= 0.3 is 7.82 Å². The van der Waals surface area contributed by atoms with Crippen molar-refractivity contribution in [3.05, 3.63) is 28.8 Å². The molecule has 6 nitrogen and oxygen atoms in total. The first-order valence-corrected chi connectivity index (χ1v) is 6.30. The summed E-state index contributed by atoms with van der Waals surface area (Å²) in [7, 11) is -4.85. The molecule has 0 unspecified atom stereocenters. The highest BCUT2D eigenvalue weighted by Crippen LogP contribution is 2.41. The van der Waals surface area contributed by atoms with Crippen LogP contribution in [0.1, 0.15) is 26.3 Å². The van der Waals surface area contributed by atoms with E-state index in [1.807, 2.05) is 0 Å². The summed E-state index contributed by atoms with van der Waals surface area (Å²) in [5.41, 5.74) is 0.284. The number of aldehydes is 1. The first-order valence-electron chi connectivity index (χ1n) is 4.33. The molecule has 0 atom stereocenters. The molecule has 1 aromatic carbocycles. The summed E-state index contributed by atoms with van der Waals surface area (Å²) in [6, 6.07) is 2.67. The summed E-state index contributed by atoms with van der Waals surface area (Å²) in [5.74, 6) is -0.459. The number of aryl methyl sites for hydroxylation is 1. The zero-order valence-corrected chi connectivity index (χ0v) is 10.4. The van der Waals surface area contributed by atoms with Gasteiger partial charge in [0.15, 0.2) is 12.0 Å². The third kappa shape index (κ3) is 3.67. The molecule has 1 rings (SSSR count). The minimum atomic E-state index is -4.85. The molecule has 0 spiro atoms. The van der Waals surface area contributed by atoms with Gasteiger partial charge in [-0.15, -0.1) is 12.6 Å². The summed E-state index contributed by atoms with van der Waals surface area (Å²) >= 11 is 3.55. The van der Waals surface area contributed by atoms with Gasteiger partial charge in [-0.3, -0.25) is 19.4 Å². The van der Waals surface area contributed by atoms with E-state index in [2.05, 4.69) is 17.2 Å². The van der Waals surface area contributed by atoms with Crippen LogP contribution in [-0.2, 0) is 4.57 Å². The fraction of sp³-hybridized carbons (Fsp3) is 0.111. The monoisotopic (exact) mass is 276 g/mol.